The summed E-state index contributed by atoms with van der Waals surface area (Å²) in [5.74, 6) is 0.693. The molecule has 3 rings (SSSR count). The quantitative estimate of drug-likeness (QED) is 0.903. The van der Waals surface area contributed by atoms with Gasteiger partial charge in [0.15, 0.2) is 0 Å². The zero-order valence-corrected chi connectivity index (χ0v) is 11.8. The van der Waals surface area contributed by atoms with Gasteiger partial charge in [-0.2, -0.15) is 0 Å². The van der Waals surface area contributed by atoms with Crippen LogP contribution in [-0.2, 0) is 11.2 Å². The number of aryl methyl sites for hydroxylation is 1. The molecule has 0 amide bonds. The first-order valence-corrected chi connectivity index (χ1v) is 7.04. The summed E-state index contributed by atoms with van der Waals surface area (Å²) in [5, 5.41) is 20.9. The molecule has 0 aliphatic heterocycles. The molecule has 1 aliphatic rings. The van der Waals surface area contributed by atoms with Gasteiger partial charge >= 0.3 is 5.97 Å². The fraction of sp³-hybridized carbons (Fsp3) is 0.571. The van der Waals surface area contributed by atoms with Crippen LogP contribution in [0.15, 0.2) is 15.1 Å². The van der Waals surface area contributed by atoms with Crippen LogP contribution in [0.3, 0.4) is 0 Å². The maximum atomic E-state index is 11.1. The second-order valence-corrected chi connectivity index (χ2v) is 5.75. The molecular formula is C14H17N3O4. The van der Waals surface area contributed by atoms with Crippen molar-refractivity contribution in [2.24, 2.45) is 5.41 Å². The minimum atomic E-state index is -0.772. The highest BCUT2D eigenvalue weighted by atomic mass is 16.5. The summed E-state index contributed by atoms with van der Waals surface area (Å²) in [6.45, 7) is 1.77. The van der Waals surface area contributed by atoms with Gasteiger partial charge in [0.2, 0.25) is 5.89 Å². The Labute approximate surface area is 121 Å². The van der Waals surface area contributed by atoms with E-state index in [1.807, 2.05) is 0 Å². The van der Waals surface area contributed by atoms with E-state index in [4.69, 9.17) is 14.0 Å². The Morgan fingerprint density at radius 1 is 1.38 bits per heavy atom. The normalized spacial score (nSPS) is 17.2. The van der Waals surface area contributed by atoms with Crippen LogP contribution < -0.4 is 0 Å². The fourth-order valence-corrected chi connectivity index (χ4v) is 3.12. The van der Waals surface area contributed by atoms with Crippen molar-refractivity contribution < 1.29 is 18.8 Å². The Morgan fingerprint density at radius 2 is 2.14 bits per heavy atom. The Bertz CT molecular complexity index is 640. The summed E-state index contributed by atoms with van der Waals surface area (Å²) in [6.07, 6.45) is 6.09. The van der Waals surface area contributed by atoms with Gasteiger partial charge in [0.05, 0.1) is 12.6 Å². The van der Waals surface area contributed by atoms with Gasteiger partial charge in [0, 0.05) is 6.42 Å². The van der Waals surface area contributed by atoms with E-state index in [0.717, 1.165) is 25.7 Å². The molecule has 0 unspecified atom stereocenters. The molecule has 2 aromatic heterocycles. The molecule has 2 aromatic rings. The highest BCUT2D eigenvalue weighted by Crippen LogP contribution is 2.43. The minimum Gasteiger partial charge on any atom is -0.481 e. The van der Waals surface area contributed by atoms with Crippen LogP contribution in [0.5, 0.6) is 0 Å². The van der Waals surface area contributed by atoms with Gasteiger partial charge in [-0.25, -0.2) is 0 Å². The highest BCUT2D eigenvalue weighted by Gasteiger charge is 2.38. The van der Waals surface area contributed by atoms with Crippen LogP contribution in [0.1, 0.15) is 43.8 Å². The van der Waals surface area contributed by atoms with Crippen molar-refractivity contribution in [1.29, 1.82) is 0 Å². The van der Waals surface area contributed by atoms with Crippen LogP contribution in [0.2, 0.25) is 0 Å². The minimum absolute atomic E-state index is 0.150. The summed E-state index contributed by atoms with van der Waals surface area (Å²) in [5.41, 5.74) is 0.423. The lowest BCUT2D eigenvalue weighted by atomic mass is 9.79. The first-order valence-electron chi connectivity index (χ1n) is 7.04. The van der Waals surface area contributed by atoms with E-state index in [9.17, 15) is 4.79 Å². The van der Waals surface area contributed by atoms with Gasteiger partial charge in [-0.1, -0.05) is 18.0 Å². The second kappa shape index (κ2) is 5.31. The topological polar surface area (TPSA) is 102 Å². The summed E-state index contributed by atoms with van der Waals surface area (Å²) >= 11 is 0. The maximum Gasteiger partial charge on any atom is 0.303 e. The van der Waals surface area contributed by atoms with Crippen molar-refractivity contribution in [3.05, 3.63) is 17.8 Å². The van der Waals surface area contributed by atoms with Crippen molar-refractivity contribution in [2.75, 3.05) is 0 Å². The lowest BCUT2D eigenvalue weighted by Gasteiger charge is -2.24. The Hall–Kier alpha value is -2.18. The van der Waals surface area contributed by atoms with Crippen LogP contribution in [0.25, 0.3) is 11.5 Å². The number of hydrogen-bond acceptors (Lipinski definition) is 6. The van der Waals surface area contributed by atoms with E-state index in [1.165, 1.54) is 6.20 Å². The number of carboxylic acids is 1. The average molecular weight is 291 g/mol. The van der Waals surface area contributed by atoms with Gasteiger partial charge < -0.3 is 14.0 Å². The second-order valence-electron chi connectivity index (χ2n) is 5.75. The molecule has 0 bridgehead atoms. The molecule has 1 N–H and O–H groups in total. The zero-order valence-electron chi connectivity index (χ0n) is 11.8. The molecule has 1 fully saturated rings. The molecule has 0 saturated heterocycles. The first kappa shape index (κ1) is 13.8. The van der Waals surface area contributed by atoms with Crippen molar-refractivity contribution in [3.8, 4) is 11.5 Å². The van der Waals surface area contributed by atoms with Crippen LogP contribution in [0, 0.1) is 12.3 Å². The van der Waals surface area contributed by atoms with Crippen molar-refractivity contribution in [1.82, 2.24) is 15.4 Å². The van der Waals surface area contributed by atoms with E-state index in [2.05, 4.69) is 15.4 Å². The number of carboxylic acid groups (broad SMARTS) is 1. The van der Waals surface area contributed by atoms with E-state index >= 15 is 0 Å². The molecule has 7 heteroatoms. The zero-order chi connectivity index (χ0) is 14.9. The fourth-order valence-electron chi connectivity index (χ4n) is 3.12. The molecule has 112 valence electrons. The summed E-state index contributed by atoms with van der Waals surface area (Å²) in [4.78, 5) is 11.1. The van der Waals surface area contributed by atoms with Crippen molar-refractivity contribution in [2.45, 2.75) is 45.4 Å². The maximum absolute atomic E-state index is 11.1. The molecule has 1 aliphatic carbocycles. The Balaban J connectivity index is 1.80. The molecule has 1 saturated carbocycles. The first-order chi connectivity index (χ1) is 10.1. The van der Waals surface area contributed by atoms with Gasteiger partial charge in [-0.15, -0.1) is 10.2 Å². The molecule has 0 aromatic carbocycles. The van der Waals surface area contributed by atoms with E-state index < -0.39 is 5.97 Å². The van der Waals surface area contributed by atoms with Crippen LogP contribution >= 0.6 is 0 Å². The molecular weight excluding hydrogens is 274 g/mol. The summed E-state index contributed by atoms with van der Waals surface area (Å²) in [7, 11) is 0. The van der Waals surface area contributed by atoms with Gasteiger partial charge in [0.1, 0.15) is 11.3 Å². The number of hydrogen-bond donors (Lipinski definition) is 1. The molecule has 21 heavy (non-hydrogen) atoms. The number of rotatable bonds is 5. The van der Waals surface area contributed by atoms with E-state index in [1.54, 1.807) is 6.92 Å². The highest BCUT2D eigenvalue weighted by molar-refractivity contribution is 5.67. The number of nitrogens with zero attached hydrogens (tertiary/aromatic N) is 3. The third kappa shape index (κ3) is 2.81. The smallest absolute Gasteiger partial charge is 0.303 e. The molecule has 0 spiro atoms. The molecule has 2 heterocycles. The predicted octanol–water partition coefficient (Wildman–Crippen LogP) is 2.61. The van der Waals surface area contributed by atoms with Gasteiger partial charge in [-0.3, -0.25) is 4.79 Å². The number of aromatic nitrogens is 3. The average Bonchev–Trinajstić information content (AvgIpc) is 3.11. The molecule has 0 radical (unpaired) electrons. The predicted molar refractivity (Wildman–Crippen MR) is 71.4 cm³/mol. The SMILES string of the molecule is Cc1oncc1-c1nnc(CC2(CC(=O)O)CCCC2)o1. The monoisotopic (exact) mass is 291 g/mol. The van der Waals surface area contributed by atoms with Crippen molar-refractivity contribution in [3.63, 3.8) is 0 Å². The third-order valence-corrected chi connectivity index (χ3v) is 4.16. The van der Waals surface area contributed by atoms with Crippen LogP contribution in [-0.4, -0.2) is 26.4 Å². The van der Waals surface area contributed by atoms with E-state index in [-0.39, 0.29) is 11.8 Å². The van der Waals surface area contributed by atoms with Gasteiger partial charge in [0.25, 0.3) is 5.89 Å². The van der Waals surface area contributed by atoms with E-state index in [0.29, 0.717) is 29.5 Å². The molecule has 7 nitrogen and oxygen atoms in total. The standard InChI is InChI=1S/C14H17N3O4/c1-9-10(8-15-21-9)13-17-16-11(20-13)6-14(7-12(18)19)4-2-3-5-14/h8H,2-7H2,1H3,(H,18,19). The largest absolute Gasteiger partial charge is 0.481 e. The third-order valence-electron chi connectivity index (χ3n) is 4.16. The van der Waals surface area contributed by atoms with Crippen molar-refractivity contribution >= 4 is 5.97 Å². The van der Waals surface area contributed by atoms with Gasteiger partial charge in [-0.05, 0) is 25.2 Å². The summed E-state index contributed by atoms with van der Waals surface area (Å²) < 4.78 is 10.6. The Kier molecular flexibility index (Phi) is 3.48. The number of carbonyl (C=O) groups is 1. The lowest BCUT2D eigenvalue weighted by molar-refractivity contribution is -0.139. The summed E-state index contributed by atoms with van der Waals surface area (Å²) in [6, 6.07) is 0. The number of aliphatic carboxylic acids is 1. The van der Waals surface area contributed by atoms with Crippen LogP contribution in [0.4, 0.5) is 0 Å². The lowest BCUT2D eigenvalue weighted by Crippen LogP contribution is -2.23. The molecule has 0 atom stereocenters. The Morgan fingerprint density at radius 3 is 2.76 bits per heavy atom.